The van der Waals surface area contributed by atoms with Gasteiger partial charge in [0.2, 0.25) is 0 Å². The highest BCUT2D eigenvalue weighted by atomic mass is 16.5. The van der Waals surface area contributed by atoms with Crippen LogP contribution in [0, 0.1) is 0 Å². The van der Waals surface area contributed by atoms with E-state index in [9.17, 15) is 4.79 Å². The van der Waals surface area contributed by atoms with Gasteiger partial charge in [-0.2, -0.15) is 5.10 Å². The summed E-state index contributed by atoms with van der Waals surface area (Å²) >= 11 is 0. The van der Waals surface area contributed by atoms with Crippen LogP contribution >= 0.6 is 0 Å². The molecule has 0 aliphatic heterocycles. The summed E-state index contributed by atoms with van der Waals surface area (Å²) in [5.41, 5.74) is 3.57. The Morgan fingerprint density at radius 2 is 2.10 bits per heavy atom. The first kappa shape index (κ1) is 14.3. The molecule has 0 bridgehead atoms. The van der Waals surface area contributed by atoms with E-state index in [0.717, 1.165) is 28.9 Å². The molecule has 1 aromatic carbocycles. The summed E-state index contributed by atoms with van der Waals surface area (Å²) in [6.07, 6.45) is 0.840. The summed E-state index contributed by atoms with van der Waals surface area (Å²) in [6, 6.07) is 7.83. The van der Waals surface area contributed by atoms with Crippen molar-refractivity contribution in [2.45, 2.75) is 33.2 Å². The number of benzene rings is 1. The average Bonchev–Trinajstić information content (AvgIpc) is 2.89. The van der Waals surface area contributed by atoms with E-state index in [1.54, 1.807) is 11.8 Å². The molecule has 0 saturated heterocycles. The molecule has 0 aliphatic carbocycles. The molecule has 0 saturated carbocycles. The first-order valence-corrected chi connectivity index (χ1v) is 6.82. The van der Waals surface area contributed by atoms with Crippen LogP contribution in [0.1, 0.15) is 42.7 Å². The molecule has 0 aliphatic rings. The Kier molecular flexibility index (Phi) is 4.23. The van der Waals surface area contributed by atoms with Crippen LogP contribution in [-0.2, 0) is 6.54 Å². The second kappa shape index (κ2) is 5.90. The summed E-state index contributed by atoms with van der Waals surface area (Å²) in [5, 5.41) is 4.47. The van der Waals surface area contributed by atoms with E-state index in [2.05, 4.69) is 25.0 Å². The molecule has 4 nitrogen and oxygen atoms in total. The maximum absolute atomic E-state index is 11.0. The molecule has 20 heavy (non-hydrogen) atoms. The largest absolute Gasteiger partial charge is 0.496 e. The van der Waals surface area contributed by atoms with Crippen LogP contribution in [-0.4, -0.2) is 23.2 Å². The lowest BCUT2D eigenvalue weighted by molar-refractivity contribution is 0.111. The van der Waals surface area contributed by atoms with E-state index >= 15 is 0 Å². The second-order valence-corrected chi connectivity index (χ2v) is 5.00. The zero-order valence-corrected chi connectivity index (χ0v) is 12.4. The number of carbonyl (C=O) groups excluding carboxylic acids is 1. The first-order chi connectivity index (χ1) is 9.60. The summed E-state index contributed by atoms with van der Waals surface area (Å²) in [4.78, 5) is 11.0. The van der Waals surface area contributed by atoms with E-state index in [4.69, 9.17) is 4.74 Å². The minimum Gasteiger partial charge on any atom is -0.496 e. The van der Waals surface area contributed by atoms with Gasteiger partial charge in [-0.1, -0.05) is 13.8 Å². The molecule has 1 aromatic heterocycles. The molecule has 0 unspecified atom stereocenters. The zero-order chi connectivity index (χ0) is 14.7. The van der Waals surface area contributed by atoms with Crippen LogP contribution in [0.5, 0.6) is 5.75 Å². The third-order valence-corrected chi connectivity index (χ3v) is 3.38. The number of aromatic nitrogens is 2. The van der Waals surface area contributed by atoms with Crippen LogP contribution in [0.4, 0.5) is 0 Å². The lowest BCUT2D eigenvalue weighted by atomic mass is 9.98. The molecular formula is C16H20N2O2. The SMILES string of the molecule is CCn1nc(-c2ccc(OC)c(C(C)C)c2)cc1C=O. The van der Waals surface area contributed by atoms with Crippen molar-refractivity contribution in [3.63, 3.8) is 0 Å². The van der Waals surface area contributed by atoms with Gasteiger partial charge in [-0.3, -0.25) is 9.48 Å². The monoisotopic (exact) mass is 272 g/mol. The van der Waals surface area contributed by atoms with Crippen LogP contribution < -0.4 is 4.74 Å². The fraction of sp³-hybridized carbons (Fsp3) is 0.375. The summed E-state index contributed by atoms with van der Waals surface area (Å²) in [5.74, 6) is 1.25. The first-order valence-electron chi connectivity index (χ1n) is 6.82. The summed E-state index contributed by atoms with van der Waals surface area (Å²) in [6.45, 7) is 6.91. The molecule has 0 fully saturated rings. The van der Waals surface area contributed by atoms with Gasteiger partial charge in [-0.25, -0.2) is 0 Å². The highest BCUT2D eigenvalue weighted by Crippen LogP contribution is 2.31. The van der Waals surface area contributed by atoms with Gasteiger partial charge < -0.3 is 4.74 Å². The normalized spacial score (nSPS) is 10.8. The quantitative estimate of drug-likeness (QED) is 0.782. The zero-order valence-electron chi connectivity index (χ0n) is 12.4. The summed E-state index contributed by atoms with van der Waals surface area (Å²) in [7, 11) is 1.68. The van der Waals surface area contributed by atoms with E-state index in [1.165, 1.54) is 0 Å². The number of aldehydes is 1. The van der Waals surface area contributed by atoms with Crippen molar-refractivity contribution in [2.24, 2.45) is 0 Å². The van der Waals surface area contributed by atoms with Crippen molar-refractivity contribution in [2.75, 3.05) is 7.11 Å². The van der Waals surface area contributed by atoms with Crippen LogP contribution in [0.15, 0.2) is 24.3 Å². The van der Waals surface area contributed by atoms with Gasteiger partial charge in [0, 0.05) is 12.1 Å². The van der Waals surface area contributed by atoms with Gasteiger partial charge in [0.25, 0.3) is 0 Å². The van der Waals surface area contributed by atoms with E-state index in [1.807, 2.05) is 25.1 Å². The average molecular weight is 272 g/mol. The Balaban J connectivity index is 2.50. The Bertz CT molecular complexity index is 615. The smallest absolute Gasteiger partial charge is 0.168 e. The Labute approximate surface area is 119 Å². The third kappa shape index (κ3) is 2.59. The van der Waals surface area contributed by atoms with E-state index in [0.29, 0.717) is 18.2 Å². The predicted molar refractivity (Wildman–Crippen MR) is 79.4 cm³/mol. The molecule has 106 valence electrons. The standard InChI is InChI=1S/C16H20N2O2/c1-5-18-13(10-19)9-15(17-18)12-6-7-16(20-4)14(8-12)11(2)3/h6-11H,5H2,1-4H3. The van der Waals surface area contributed by atoms with E-state index in [-0.39, 0.29) is 0 Å². The van der Waals surface area contributed by atoms with Gasteiger partial charge in [0.1, 0.15) is 11.4 Å². The summed E-state index contributed by atoms with van der Waals surface area (Å²) < 4.78 is 7.10. The van der Waals surface area contributed by atoms with Gasteiger partial charge in [0.05, 0.1) is 12.8 Å². The number of hydrogen-bond donors (Lipinski definition) is 0. The number of ether oxygens (including phenoxy) is 1. The predicted octanol–water partition coefficient (Wildman–Crippen LogP) is 3.51. The Morgan fingerprint density at radius 3 is 2.60 bits per heavy atom. The van der Waals surface area contributed by atoms with Crippen molar-refractivity contribution in [1.82, 2.24) is 9.78 Å². The fourth-order valence-corrected chi connectivity index (χ4v) is 2.27. The lowest BCUT2D eigenvalue weighted by Crippen LogP contribution is -2.01. The molecule has 0 N–H and O–H groups in total. The maximum Gasteiger partial charge on any atom is 0.168 e. The number of carbonyl (C=O) groups is 1. The highest BCUT2D eigenvalue weighted by molar-refractivity contribution is 5.76. The van der Waals surface area contributed by atoms with Gasteiger partial charge in [-0.05, 0) is 42.7 Å². The third-order valence-electron chi connectivity index (χ3n) is 3.38. The fourth-order valence-electron chi connectivity index (χ4n) is 2.27. The minimum atomic E-state index is 0.365. The minimum absolute atomic E-state index is 0.365. The molecule has 2 aromatic rings. The van der Waals surface area contributed by atoms with Crippen molar-refractivity contribution < 1.29 is 9.53 Å². The highest BCUT2D eigenvalue weighted by Gasteiger charge is 2.12. The number of methoxy groups -OCH3 is 1. The molecular weight excluding hydrogens is 252 g/mol. The number of hydrogen-bond acceptors (Lipinski definition) is 3. The molecule has 0 spiro atoms. The van der Waals surface area contributed by atoms with Crippen LogP contribution in [0.3, 0.4) is 0 Å². The molecule has 2 rings (SSSR count). The van der Waals surface area contributed by atoms with Crippen molar-refractivity contribution in [3.8, 4) is 17.0 Å². The van der Waals surface area contributed by atoms with Gasteiger partial charge >= 0.3 is 0 Å². The number of aryl methyl sites for hydroxylation is 1. The van der Waals surface area contributed by atoms with Gasteiger partial charge in [0.15, 0.2) is 6.29 Å². The molecule has 0 radical (unpaired) electrons. The molecule has 4 heteroatoms. The molecule has 0 atom stereocenters. The van der Waals surface area contributed by atoms with E-state index < -0.39 is 0 Å². The maximum atomic E-state index is 11.0. The lowest BCUT2D eigenvalue weighted by Gasteiger charge is -2.12. The van der Waals surface area contributed by atoms with Crippen LogP contribution in [0.2, 0.25) is 0 Å². The Hall–Kier alpha value is -2.10. The van der Waals surface area contributed by atoms with Crippen molar-refractivity contribution in [3.05, 3.63) is 35.5 Å². The second-order valence-electron chi connectivity index (χ2n) is 5.00. The van der Waals surface area contributed by atoms with Gasteiger partial charge in [-0.15, -0.1) is 0 Å². The van der Waals surface area contributed by atoms with Crippen molar-refractivity contribution in [1.29, 1.82) is 0 Å². The Morgan fingerprint density at radius 1 is 1.35 bits per heavy atom. The molecule has 1 heterocycles. The van der Waals surface area contributed by atoms with Crippen molar-refractivity contribution >= 4 is 6.29 Å². The molecule has 0 amide bonds. The number of nitrogens with zero attached hydrogens (tertiary/aromatic N) is 2. The van der Waals surface area contributed by atoms with Crippen LogP contribution in [0.25, 0.3) is 11.3 Å². The topological polar surface area (TPSA) is 44.1 Å². The number of rotatable bonds is 5.